The summed E-state index contributed by atoms with van der Waals surface area (Å²) in [4.78, 5) is 82.9. The van der Waals surface area contributed by atoms with Gasteiger partial charge in [0.15, 0.2) is 0 Å². The van der Waals surface area contributed by atoms with Gasteiger partial charge in [0.1, 0.15) is 12.4 Å². The minimum atomic E-state index is -0.821. The van der Waals surface area contributed by atoms with Crippen molar-refractivity contribution in [3.8, 4) is 0 Å². The molecular formula is C20H6N6O8S2. The minimum absolute atomic E-state index is 0.00184. The van der Waals surface area contributed by atoms with Gasteiger partial charge in [0.05, 0.1) is 9.85 Å². The lowest BCUT2D eigenvalue weighted by molar-refractivity contribution is -0.380. The van der Waals surface area contributed by atoms with Crippen LogP contribution in [0.2, 0.25) is 0 Å². The Balaban J connectivity index is 1.51. The molecule has 176 valence electrons. The van der Waals surface area contributed by atoms with Gasteiger partial charge in [0, 0.05) is 33.0 Å². The SMILES string of the molecule is O=C1c2ccc3c4c(ccc(c24)C(=O)N1c1ncc([N+](=O)[O-])s1)C(=O)N(c1ncc([N+](=O)[O-])s1)C3=O. The first kappa shape index (κ1) is 21.6. The van der Waals surface area contributed by atoms with Gasteiger partial charge < -0.3 is 0 Å². The van der Waals surface area contributed by atoms with Gasteiger partial charge in [-0.15, -0.1) is 0 Å². The van der Waals surface area contributed by atoms with Gasteiger partial charge in [-0.2, -0.15) is 0 Å². The molecule has 2 aliphatic rings. The van der Waals surface area contributed by atoms with E-state index in [1.165, 1.54) is 24.3 Å². The number of carbonyl (C=O) groups excluding carboxylic acids is 4. The maximum atomic E-state index is 13.3. The highest BCUT2D eigenvalue weighted by Crippen LogP contribution is 2.42. The zero-order chi connectivity index (χ0) is 25.5. The summed E-state index contributed by atoms with van der Waals surface area (Å²) in [5, 5.41) is 21.1. The Kier molecular flexibility index (Phi) is 4.35. The lowest BCUT2D eigenvalue weighted by Gasteiger charge is -2.30. The Morgan fingerprint density at radius 1 is 0.611 bits per heavy atom. The molecule has 0 saturated carbocycles. The van der Waals surface area contributed by atoms with Crippen molar-refractivity contribution >= 4 is 77.3 Å². The summed E-state index contributed by atoms with van der Waals surface area (Å²) < 4.78 is 0. The van der Waals surface area contributed by atoms with Crippen molar-refractivity contribution in [2.45, 2.75) is 0 Å². The van der Waals surface area contributed by atoms with Gasteiger partial charge in [0.2, 0.25) is 10.3 Å². The largest absolute Gasteiger partial charge is 0.345 e. The second-order valence-corrected chi connectivity index (χ2v) is 9.41. The molecule has 0 spiro atoms. The Hall–Kier alpha value is -4.96. The highest BCUT2D eigenvalue weighted by atomic mass is 32.1. The smallest absolute Gasteiger partial charge is 0.268 e. The number of thiazole rings is 2. The molecule has 2 aliphatic heterocycles. The van der Waals surface area contributed by atoms with Gasteiger partial charge in [0.25, 0.3) is 23.6 Å². The molecule has 4 aromatic rings. The van der Waals surface area contributed by atoms with Crippen LogP contribution in [0.5, 0.6) is 0 Å². The van der Waals surface area contributed by atoms with Crippen molar-refractivity contribution in [1.29, 1.82) is 0 Å². The zero-order valence-corrected chi connectivity index (χ0v) is 18.9. The van der Waals surface area contributed by atoms with Crippen LogP contribution in [0.1, 0.15) is 41.4 Å². The van der Waals surface area contributed by atoms with Crippen LogP contribution in [0.3, 0.4) is 0 Å². The summed E-state index contributed by atoms with van der Waals surface area (Å²) in [6, 6.07) is 5.24. The molecule has 0 radical (unpaired) electrons. The maximum Gasteiger partial charge on any atom is 0.345 e. The van der Waals surface area contributed by atoms with Gasteiger partial charge in [-0.05, 0) is 46.9 Å². The van der Waals surface area contributed by atoms with E-state index in [1.807, 2.05) is 0 Å². The normalized spacial score (nSPS) is 14.7. The molecule has 2 aromatic heterocycles. The number of imide groups is 2. The molecule has 0 saturated heterocycles. The van der Waals surface area contributed by atoms with Gasteiger partial charge in [-0.1, -0.05) is 0 Å². The number of hydrogen-bond acceptors (Lipinski definition) is 12. The fourth-order valence-corrected chi connectivity index (χ4v) is 5.57. The van der Waals surface area contributed by atoms with Crippen LogP contribution in [0.15, 0.2) is 36.7 Å². The van der Waals surface area contributed by atoms with Crippen LogP contribution in [0.4, 0.5) is 20.3 Å². The Bertz CT molecular complexity index is 1560. The number of anilines is 2. The number of carbonyl (C=O) groups is 4. The molecule has 14 nitrogen and oxygen atoms in total. The molecule has 0 unspecified atom stereocenters. The third-order valence-corrected chi connectivity index (χ3v) is 7.47. The van der Waals surface area contributed by atoms with Crippen molar-refractivity contribution in [3.05, 3.63) is 79.1 Å². The van der Waals surface area contributed by atoms with Crippen LogP contribution in [-0.2, 0) is 0 Å². The maximum absolute atomic E-state index is 13.3. The second-order valence-electron chi connectivity index (χ2n) is 7.44. The molecule has 36 heavy (non-hydrogen) atoms. The van der Waals surface area contributed by atoms with Gasteiger partial charge in [-0.25, -0.2) is 19.8 Å². The summed E-state index contributed by atoms with van der Waals surface area (Å²) in [5.74, 6) is -3.28. The molecular weight excluding hydrogens is 516 g/mol. The van der Waals surface area contributed by atoms with Gasteiger partial charge >= 0.3 is 10.0 Å². The van der Waals surface area contributed by atoms with E-state index >= 15 is 0 Å². The van der Waals surface area contributed by atoms with E-state index in [4.69, 9.17) is 0 Å². The van der Waals surface area contributed by atoms with Crippen molar-refractivity contribution in [3.63, 3.8) is 0 Å². The van der Waals surface area contributed by atoms with Crippen molar-refractivity contribution in [2.75, 3.05) is 9.80 Å². The van der Waals surface area contributed by atoms with E-state index < -0.39 is 33.5 Å². The standard InChI is InChI=1S/C20H6N6O8S2/c27-15-7-1-2-8-14-10(18(30)24(16(8)28)20-22-6-12(36-20)26(33)34)4-3-9(13(7)14)17(29)23(15)19-21-5-11(35-19)25(31)32/h1-6H. The lowest BCUT2D eigenvalue weighted by atomic mass is 9.86. The summed E-state index contributed by atoms with van der Waals surface area (Å²) in [6.07, 6.45) is 1.87. The molecule has 0 fully saturated rings. The summed E-state index contributed by atoms with van der Waals surface area (Å²) in [5.41, 5.74) is 0.00737. The number of aromatic nitrogens is 2. The van der Waals surface area contributed by atoms with E-state index in [9.17, 15) is 39.4 Å². The molecule has 4 heterocycles. The summed E-state index contributed by atoms with van der Waals surface area (Å²) >= 11 is 1.10. The van der Waals surface area contributed by atoms with Gasteiger partial charge in [-0.3, -0.25) is 39.4 Å². The Labute approximate surface area is 205 Å². The zero-order valence-electron chi connectivity index (χ0n) is 17.2. The van der Waals surface area contributed by atoms with Crippen LogP contribution < -0.4 is 9.80 Å². The highest BCUT2D eigenvalue weighted by molar-refractivity contribution is 7.19. The van der Waals surface area contributed by atoms with Crippen LogP contribution in [0.25, 0.3) is 10.8 Å². The second kappa shape index (κ2) is 7.27. The monoisotopic (exact) mass is 522 g/mol. The molecule has 0 atom stereocenters. The fourth-order valence-electron chi connectivity index (χ4n) is 4.11. The predicted molar refractivity (Wildman–Crippen MR) is 124 cm³/mol. The lowest BCUT2D eigenvalue weighted by Crippen LogP contribution is -2.43. The van der Waals surface area contributed by atoms with Crippen LogP contribution in [0, 0.1) is 20.2 Å². The van der Waals surface area contributed by atoms with E-state index in [0.29, 0.717) is 32.5 Å². The minimum Gasteiger partial charge on any atom is -0.268 e. The first-order valence-electron chi connectivity index (χ1n) is 9.76. The van der Waals surface area contributed by atoms with Crippen molar-refractivity contribution in [1.82, 2.24) is 9.97 Å². The number of hydrogen-bond donors (Lipinski definition) is 0. The third-order valence-electron chi connectivity index (χ3n) is 5.60. The van der Waals surface area contributed by atoms with Crippen molar-refractivity contribution in [2.24, 2.45) is 0 Å². The molecule has 4 amide bonds. The average molecular weight is 522 g/mol. The fraction of sp³-hybridized carbons (Fsp3) is 0. The average Bonchev–Trinajstić information content (AvgIpc) is 3.52. The van der Waals surface area contributed by atoms with E-state index in [0.717, 1.165) is 12.4 Å². The Morgan fingerprint density at radius 3 is 1.17 bits per heavy atom. The van der Waals surface area contributed by atoms with E-state index in [-0.39, 0.29) is 53.3 Å². The topological polar surface area (TPSA) is 187 Å². The predicted octanol–water partition coefficient (Wildman–Crippen LogP) is 3.17. The quantitative estimate of drug-likeness (QED) is 0.219. The number of rotatable bonds is 4. The summed E-state index contributed by atoms with van der Waals surface area (Å²) in [7, 11) is 0. The number of nitrogens with zero attached hydrogens (tertiary/aromatic N) is 6. The number of nitro groups is 2. The Morgan fingerprint density at radius 2 is 0.917 bits per heavy atom. The molecule has 2 aromatic carbocycles. The first-order valence-corrected chi connectivity index (χ1v) is 11.4. The van der Waals surface area contributed by atoms with Crippen LogP contribution in [-0.4, -0.2) is 43.4 Å². The summed E-state index contributed by atoms with van der Waals surface area (Å²) in [6.45, 7) is 0. The number of amides is 4. The third kappa shape index (κ3) is 2.75. The first-order chi connectivity index (χ1) is 17.2. The number of benzene rings is 2. The molecule has 0 N–H and O–H groups in total. The molecule has 0 aliphatic carbocycles. The van der Waals surface area contributed by atoms with E-state index in [2.05, 4.69) is 9.97 Å². The molecule has 6 rings (SSSR count). The molecule has 0 bridgehead atoms. The molecule has 16 heteroatoms. The van der Waals surface area contributed by atoms with Crippen molar-refractivity contribution < 1.29 is 29.0 Å². The van der Waals surface area contributed by atoms with E-state index in [1.54, 1.807) is 0 Å². The van der Waals surface area contributed by atoms with Crippen LogP contribution >= 0.6 is 22.7 Å². The highest BCUT2D eigenvalue weighted by Gasteiger charge is 2.42.